The van der Waals surface area contributed by atoms with Crippen LogP contribution in [0, 0.1) is 11.6 Å². The first-order valence-corrected chi connectivity index (χ1v) is 9.91. The van der Waals surface area contributed by atoms with Crippen molar-refractivity contribution in [3.8, 4) is 0 Å². The van der Waals surface area contributed by atoms with Crippen LogP contribution in [0.15, 0.2) is 23.2 Å². The van der Waals surface area contributed by atoms with Crippen molar-refractivity contribution in [2.45, 2.75) is 51.8 Å². The summed E-state index contributed by atoms with van der Waals surface area (Å²) in [6.07, 6.45) is 1.76. The molecule has 2 unspecified atom stereocenters. The topological polar surface area (TPSA) is 76.4 Å². The summed E-state index contributed by atoms with van der Waals surface area (Å²) >= 11 is 0. The summed E-state index contributed by atoms with van der Waals surface area (Å²) in [7, 11) is 1.63. The minimum absolute atomic E-state index is 0. The Morgan fingerprint density at radius 2 is 2.17 bits per heavy atom. The Bertz CT molecular complexity index is 860. The lowest BCUT2D eigenvalue weighted by atomic mass is 10.0. The molecule has 0 aliphatic carbocycles. The number of methoxy groups -OCH3 is 1. The van der Waals surface area contributed by atoms with Gasteiger partial charge in [0.25, 0.3) is 0 Å². The molecular formula is C20H29F2IN6O. The number of aryl methyl sites for hydroxylation is 1. The maximum Gasteiger partial charge on any atom is 0.191 e. The predicted molar refractivity (Wildman–Crippen MR) is 122 cm³/mol. The summed E-state index contributed by atoms with van der Waals surface area (Å²) in [5.74, 6) is 0.672. The number of aliphatic imine (C=N–C) groups is 1. The van der Waals surface area contributed by atoms with Gasteiger partial charge in [0.05, 0.1) is 6.54 Å². The SMILES string of the molecule is CCNC(=NCC(C)c1ccc(F)c(F)c1)NC1CCc2nc(COC)nn2C1.I. The summed E-state index contributed by atoms with van der Waals surface area (Å²) in [5, 5.41) is 11.2. The third-order valence-electron chi connectivity index (χ3n) is 4.90. The molecule has 0 spiro atoms. The average molecular weight is 534 g/mol. The highest BCUT2D eigenvalue weighted by Crippen LogP contribution is 2.18. The zero-order chi connectivity index (χ0) is 20.8. The van der Waals surface area contributed by atoms with E-state index in [1.807, 2.05) is 18.5 Å². The Labute approximate surface area is 192 Å². The highest BCUT2D eigenvalue weighted by molar-refractivity contribution is 14.0. The van der Waals surface area contributed by atoms with Gasteiger partial charge in [-0.2, -0.15) is 5.10 Å². The fourth-order valence-corrected chi connectivity index (χ4v) is 3.33. The van der Waals surface area contributed by atoms with Crippen molar-refractivity contribution in [2.75, 3.05) is 20.2 Å². The Morgan fingerprint density at radius 3 is 2.87 bits per heavy atom. The largest absolute Gasteiger partial charge is 0.377 e. The number of aromatic nitrogens is 3. The van der Waals surface area contributed by atoms with Crippen molar-refractivity contribution in [2.24, 2.45) is 4.99 Å². The van der Waals surface area contributed by atoms with Crippen LogP contribution in [0.1, 0.15) is 43.4 Å². The summed E-state index contributed by atoms with van der Waals surface area (Å²) in [6.45, 7) is 6.24. The van der Waals surface area contributed by atoms with Crippen LogP contribution in [0.4, 0.5) is 8.78 Å². The minimum atomic E-state index is -0.835. The number of guanidine groups is 1. The van der Waals surface area contributed by atoms with E-state index in [2.05, 4.69) is 25.7 Å². The van der Waals surface area contributed by atoms with Crippen LogP contribution in [0.25, 0.3) is 0 Å². The molecule has 0 fully saturated rings. The molecule has 2 aromatic rings. The van der Waals surface area contributed by atoms with E-state index in [1.54, 1.807) is 13.2 Å². The predicted octanol–water partition coefficient (Wildman–Crippen LogP) is 2.99. The van der Waals surface area contributed by atoms with Crippen LogP contribution in [0.2, 0.25) is 0 Å². The number of ether oxygens (including phenoxy) is 1. The zero-order valence-corrected chi connectivity index (χ0v) is 19.8. The van der Waals surface area contributed by atoms with Gasteiger partial charge in [0.2, 0.25) is 0 Å². The molecule has 1 aliphatic rings. The van der Waals surface area contributed by atoms with Gasteiger partial charge in [0.1, 0.15) is 12.4 Å². The van der Waals surface area contributed by atoms with E-state index in [0.717, 1.165) is 36.8 Å². The molecule has 2 atom stereocenters. The maximum absolute atomic E-state index is 13.5. The van der Waals surface area contributed by atoms with E-state index in [-0.39, 0.29) is 35.9 Å². The molecule has 7 nitrogen and oxygen atoms in total. The van der Waals surface area contributed by atoms with E-state index in [1.165, 1.54) is 6.07 Å². The molecule has 30 heavy (non-hydrogen) atoms. The van der Waals surface area contributed by atoms with E-state index in [4.69, 9.17) is 4.74 Å². The first-order chi connectivity index (χ1) is 14.0. The van der Waals surface area contributed by atoms with Crippen molar-refractivity contribution >= 4 is 29.9 Å². The van der Waals surface area contributed by atoms with E-state index in [0.29, 0.717) is 31.5 Å². The fraction of sp³-hybridized carbons (Fsp3) is 0.550. The Kier molecular flexibility index (Phi) is 9.40. The third-order valence-corrected chi connectivity index (χ3v) is 4.90. The van der Waals surface area contributed by atoms with Gasteiger partial charge in [-0.1, -0.05) is 13.0 Å². The van der Waals surface area contributed by atoms with Crippen LogP contribution in [0.3, 0.4) is 0 Å². The van der Waals surface area contributed by atoms with Crippen LogP contribution in [0.5, 0.6) is 0 Å². The normalized spacial score (nSPS) is 17.1. The van der Waals surface area contributed by atoms with Gasteiger partial charge in [-0.05, 0) is 31.0 Å². The molecule has 0 saturated carbocycles. The second-order valence-corrected chi connectivity index (χ2v) is 7.23. The van der Waals surface area contributed by atoms with E-state index in [9.17, 15) is 8.78 Å². The number of hydrogen-bond donors (Lipinski definition) is 2. The highest BCUT2D eigenvalue weighted by atomic mass is 127. The number of fused-ring (bicyclic) bond motifs is 1. The first-order valence-electron chi connectivity index (χ1n) is 9.91. The first kappa shape index (κ1) is 24.4. The number of benzene rings is 1. The quantitative estimate of drug-likeness (QED) is 0.325. The van der Waals surface area contributed by atoms with Crippen LogP contribution < -0.4 is 10.6 Å². The number of rotatable bonds is 7. The Balaban J connectivity index is 0.00000320. The molecule has 0 bridgehead atoms. The minimum Gasteiger partial charge on any atom is -0.377 e. The van der Waals surface area contributed by atoms with Crippen molar-refractivity contribution in [3.05, 3.63) is 47.0 Å². The van der Waals surface area contributed by atoms with Gasteiger partial charge < -0.3 is 15.4 Å². The Hall–Kier alpha value is -1.82. The van der Waals surface area contributed by atoms with Gasteiger partial charge in [-0.3, -0.25) is 4.99 Å². The highest BCUT2D eigenvalue weighted by Gasteiger charge is 2.22. The van der Waals surface area contributed by atoms with Crippen LogP contribution in [-0.4, -0.2) is 47.0 Å². The van der Waals surface area contributed by atoms with Gasteiger partial charge in [0, 0.05) is 38.6 Å². The lowest BCUT2D eigenvalue weighted by molar-refractivity contribution is 0.177. The molecule has 2 N–H and O–H groups in total. The zero-order valence-electron chi connectivity index (χ0n) is 17.5. The second-order valence-electron chi connectivity index (χ2n) is 7.23. The molecule has 1 aromatic carbocycles. The summed E-state index contributed by atoms with van der Waals surface area (Å²) in [4.78, 5) is 9.13. The van der Waals surface area contributed by atoms with Crippen molar-refractivity contribution in [1.82, 2.24) is 25.4 Å². The molecule has 10 heteroatoms. The lowest BCUT2D eigenvalue weighted by Crippen LogP contribution is -2.47. The number of hydrogen-bond acceptors (Lipinski definition) is 4. The smallest absolute Gasteiger partial charge is 0.191 e. The van der Waals surface area contributed by atoms with Gasteiger partial charge in [-0.25, -0.2) is 18.4 Å². The standard InChI is InChI=1S/C20H28F2N6O.HI/c1-4-23-20(24-10-13(2)14-5-7-16(21)17(22)9-14)25-15-6-8-19-26-18(12-29-3)27-28(19)11-15;/h5,7,9,13,15H,4,6,8,10-12H2,1-3H3,(H2,23,24,25);1H. The van der Waals surface area contributed by atoms with Crippen LogP contribution in [-0.2, 0) is 24.3 Å². The molecular weight excluding hydrogens is 505 g/mol. The number of halogens is 3. The number of nitrogens with one attached hydrogen (secondary N) is 2. The number of nitrogens with zero attached hydrogens (tertiary/aromatic N) is 4. The molecule has 2 heterocycles. The van der Waals surface area contributed by atoms with Gasteiger partial charge in [-0.15, -0.1) is 24.0 Å². The monoisotopic (exact) mass is 534 g/mol. The molecule has 3 rings (SSSR count). The second kappa shape index (κ2) is 11.5. The third kappa shape index (κ3) is 6.34. The van der Waals surface area contributed by atoms with Gasteiger partial charge >= 0.3 is 0 Å². The van der Waals surface area contributed by atoms with E-state index >= 15 is 0 Å². The molecule has 1 aromatic heterocycles. The molecule has 0 amide bonds. The summed E-state index contributed by atoms with van der Waals surface area (Å²) in [6, 6.07) is 4.17. The summed E-state index contributed by atoms with van der Waals surface area (Å²) < 4.78 is 33.7. The molecule has 166 valence electrons. The molecule has 0 radical (unpaired) electrons. The van der Waals surface area contributed by atoms with Crippen molar-refractivity contribution < 1.29 is 13.5 Å². The fourth-order valence-electron chi connectivity index (χ4n) is 3.33. The molecule has 0 saturated heterocycles. The van der Waals surface area contributed by atoms with Crippen LogP contribution >= 0.6 is 24.0 Å². The van der Waals surface area contributed by atoms with Crippen molar-refractivity contribution in [1.29, 1.82) is 0 Å². The molecule has 1 aliphatic heterocycles. The van der Waals surface area contributed by atoms with Gasteiger partial charge in [0.15, 0.2) is 23.4 Å². The lowest BCUT2D eigenvalue weighted by Gasteiger charge is -2.25. The summed E-state index contributed by atoms with van der Waals surface area (Å²) in [5.41, 5.74) is 0.721. The maximum atomic E-state index is 13.5. The Morgan fingerprint density at radius 1 is 1.37 bits per heavy atom. The average Bonchev–Trinajstić information content (AvgIpc) is 3.10. The van der Waals surface area contributed by atoms with E-state index < -0.39 is 11.6 Å². The van der Waals surface area contributed by atoms with Crippen molar-refractivity contribution in [3.63, 3.8) is 0 Å².